The lowest BCUT2D eigenvalue weighted by atomic mass is 10.0. The van der Waals surface area contributed by atoms with Crippen LogP contribution in [0.2, 0.25) is 0 Å². The average Bonchev–Trinajstić information content (AvgIpc) is 2.53. The fourth-order valence-corrected chi connectivity index (χ4v) is 2.51. The summed E-state index contributed by atoms with van der Waals surface area (Å²) in [6, 6.07) is 12.6. The van der Waals surface area contributed by atoms with Crippen LogP contribution in [-0.4, -0.2) is 38.9 Å². The monoisotopic (exact) mass is 305 g/mol. The van der Waals surface area contributed by atoms with Crippen LogP contribution in [0.25, 0.3) is 10.8 Å². The lowest BCUT2D eigenvalue weighted by Crippen LogP contribution is -2.19. The Labute approximate surface area is 131 Å². The van der Waals surface area contributed by atoms with Gasteiger partial charge in [-0.1, -0.05) is 30.3 Å². The van der Waals surface area contributed by atoms with Gasteiger partial charge in [-0.2, -0.15) is 11.8 Å². The van der Waals surface area contributed by atoms with E-state index in [0.717, 1.165) is 31.2 Å². The maximum atomic E-state index is 5.95. The maximum Gasteiger partial charge on any atom is 0.124 e. The predicted octanol–water partition coefficient (Wildman–Crippen LogP) is 3.32. The van der Waals surface area contributed by atoms with Gasteiger partial charge in [-0.3, -0.25) is 0 Å². The number of ether oxygens (including phenoxy) is 2. The van der Waals surface area contributed by atoms with Gasteiger partial charge in [0.2, 0.25) is 0 Å². The summed E-state index contributed by atoms with van der Waals surface area (Å²) in [6.45, 7) is 3.08. The van der Waals surface area contributed by atoms with Gasteiger partial charge in [0.1, 0.15) is 5.75 Å². The second-order valence-electron chi connectivity index (χ2n) is 4.77. The Morgan fingerprint density at radius 1 is 1.10 bits per heavy atom. The minimum atomic E-state index is 0.716. The standard InChI is InChI=1S/C17H23NO2S/c1-19-10-9-18-13-16-15-6-4-3-5-14(15)7-8-17(16)20-11-12-21-2/h3-8,18H,9-13H2,1-2H3. The zero-order valence-corrected chi connectivity index (χ0v) is 13.5. The Morgan fingerprint density at radius 2 is 1.95 bits per heavy atom. The molecule has 0 aromatic heterocycles. The third-order valence-electron chi connectivity index (χ3n) is 3.33. The Kier molecular flexibility index (Phi) is 6.86. The highest BCUT2D eigenvalue weighted by atomic mass is 32.2. The summed E-state index contributed by atoms with van der Waals surface area (Å²) in [5, 5.41) is 5.92. The molecule has 0 aliphatic carbocycles. The minimum absolute atomic E-state index is 0.716. The Balaban J connectivity index is 2.19. The number of rotatable bonds is 9. The van der Waals surface area contributed by atoms with E-state index in [9.17, 15) is 0 Å². The minimum Gasteiger partial charge on any atom is -0.492 e. The van der Waals surface area contributed by atoms with Gasteiger partial charge in [-0.05, 0) is 23.1 Å². The van der Waals surface area contributed by atoms with Crippen molar-refractivity contribution in [1.29, 1.82) is 0 Å². The SMILES string of the molecule is COCCNCc1c(OCCSC)ccc2ccccc12. The van der Waals surface area contributed by atoms with E-state index >= 15 is 0 Å². The fourth-order valence-electron chi connectivity index (χ4n) is 2.26. The molecule has 0 saturated heterocycles. The topological polar surface area (TPSA) is 30.5 Å². The Bertz CT molecular complexity index is 559. The first-order valence-electron chi connectivity index (χ1n) is 7.19. The van der Waals surface area contributed by atoms with E-state index in [1.165, 1.54) is 16.3 Å². The molecular weight excluding hydrogens is 282 g/mol. The van der Waals surface area contributed by atoms with Gasteiger partial charge in [-0.25, -0.2) is 0 Å². The van der Waals surface area contributed by atoms with E-state index in [-0.39, 0.29) is 0 Å². The molecule has 0 amide bonds. The molecular formula is C17H23NO2S. The van der Waals surface area contributed by atoms with Crippen molar-refractivity contribution in [2.75, 3.05) is 38.9 Å². The number of methoxy groups -OCH3 is 1. The zero-order chi connectivity index (χ0) is 14.9. The van der Waals surface area contributed by atoms with Crippen molar-refractivity contribution in [2.45, 2.75) is 6.54 Å². The van der Waals surface area contributed by atoms with Gasteiger partial charge in [-0.15, -0.1) is 0 Å². The number of fused-ring (bicyclic) bond motifs is 1. The van der Waals surface area contributed by atoms with Gasteiger partial charge < -0.3 is 14.8 Å². The van der Waals surface area contributed by atoms with Crippen molar-refractivity contribution in [3.05, 3.63) is 42.0 Å². The van der Waals surface area contributed by atoms with Crippen molar-refractivity contribution in [2.24, 2.45) is 0 Å². The number of thioether (sulfide) groups is 1. The first-order chi connectivity index (χ1) is 10.4. The van der Waals surface area contributed by atoms with E-state index < -0.39 is 0 Å². The van der Waals surface area contributed by atoms with Crippen molar-refractivity contribution in [3.63, 3.8) is 0 Å². The summed E-state index contributed by atoms with van der Waals surface area (Å²) in [5.74, 6) is 1.98. The molecule has 2 rings (SSSR count). The first-order valence-corrected chi connectivity index (χ1v) is 8.58. The first kappa shape index (κ1) is 16.1. The van der Waals surface area contributed by atoms with Crippen LogP contribution in [-0.2, 0) is 11.3 Å². The lowest BCUT2D eigenvalue weighted by molar-refractivity contribution is 0.199. The number of hydrogen-bond acceptors (Lipinski definition) is 4. The molecule has 2 aromatic carbocycles. The fraction of sp³-hybridized carbons (Fsp3) is 0.412. The highest BCUT2D eigenvalue weighted by Gasteiger charge is 2.08. The zero-order valence-electron chi connectivity index (χ0n) is 12.7. The molecule has 0 aliphatic heterocycles. The normalized spacial score (nSPS) is 11.0. The van der Waals surface area contributed by atoms with Crippen LogP contribution >= 0.6 is 11.8 Å². The van der Waals surface area contributed by atoms with Crippen LogP contribution < -0.4 is 10.1 Å². The largest absolute Gasteiger partial charge is 0.492 e. The summed E-state index contributed by atoms with van der Waals surface area (Å²) in [6.07, 6.45) is 2.09. The molecule has 1 N–H and O–H groups in total. The molecule has 0 atom stereocenters. The van der Waals surface area contributed by atoms with Crippen LogP contribution in [0.15, 0.2) is 36.4 Å². The molecule has 4 heteroatoms. The van der Waals surface area contributed by atoms with Gasteiger partial charge in [0.15, 0.2) is 0 Å². The number of nitrogens with one attached hydrogen (secondary N) is 1. The van der Waals surface area contributed by atoms with Crippen LogP contribution in [0.4, 0.5) is 0 Å². The molecule has 0 fully saturated rings. The predicted molar refractivity (Wildman–Crippen MR) is 91.4 cm³/mol. The number of benzene rings is 2. The van der Waals surface area contributed by atoms with Gasteiger partial charge in [0, 0.05) is 31.5 Å². The average molecular weight is 305 g/mol. The van der Waals surface area contributed by atoms with Crippen LogP contribution in [0.1, 0.15) is 5.56 Å². The molecule has 0 unspecified atom stereocenters. The molecule has 0 saturated carbocycles. The molecule has 0 heterocycles. The summed E-state index contributed by atoms with van der Waals surface area (Å²) in [5.41, 5.74) is 1.23. The Morgan fingerprint density at radius 3 is 2.76 bits per heavy atom. The smallest absolute Gasteiger partial charge is 0.124 e. The van der Waals surface area contributed by atoms with Crippen molar-refractivity contribution in [3.8, 4) is 5.75 Å². The van der Waals surface area contributed by atoms with Crippen LogP contribution in [0.3, 0.4) is 0 Å². The van der Waals surface area contributed by atoms with E-state index in [1.54, 1.807) is 18.9 Å². The second kappa shape index (κ2) is 8.93. The summed E-state index contributed by atoms with van der Waals surface area (Å²) < 4.78 is 11.0. The maximum absolute atomic E-state index is 5.95. The second-order valence-corrected chi connectivity index (χ2v) is 5.76. The summed E-state index contributed by atoms with van der Waals surface area (Å²) in [7, 11) is 1.72. The lowest BCUT2D eigenvalue weighted by Gasteiger charge is -2.15. The van der Waals surface area contributed by atoms with Crippen molar-refractivity contribution >= 4 is 22.5 Å². The van der Waals surface area contributed by atoms with Gasteiger partial charge in [0.25, 0.3) is 0 Å². The van der Waals surface area contributed by atoms with E-state index in [1.807, 2.05) is 0 Å². The number of hydrogen-bond donors (Lipinski definition) is 1. The molecule has 3 nitrogen and oxygen atoms in total. The molecule has 114 valence electrons. The molecule has 0 radical (unpaired) electrons. The molecule has 0 aliphatic rings. The van der Waals surface area contributed by atoms with Crippen LogP contribution in [0, 0.1) is 0 Å². The van der Waals surface area contributed by atoms with Crippen LogP contribution in [0.5, 0.6) is 5.75 Å². The Hall–Kier alpha value is -1.23. The third kappa shape index (κ3) is 4.63. The quantitative estimate of drug-likeness (QED) is 0.720. The van der Waals surface area contributed by atoms with E-state index in [4.69, 9.17) is 9.47 Å². The molecule has 2 aromatic rings. The molecule has 0 bridgehead atoms. The molecule has 21 heavy (non-hydrogen) atoms. The van der Waals surface area contributed by atoms with Crippen molar-refractivity contribution < 1.29 is 9.47 Å². The third-order valence-corrected chi connectivity index (χ3v) is 3.90. The summed E-state index contributed by atoms with van der Waals surface area (Å²) >= 11 is 1.80. The van der Waals surface area contributed by atoms with E-state index in [2.05, 4.69) is 48.0 Å². The highest BCUT2D eigenvalue weighted by molar-refractivity contribution is 7.98. The van der Waals surface area contributed by atoms with Gasteiger partial charge >= 0.3 is 0 Å². The summed E-state index contributed by atoms with van der Waals surface area (Å²) in [4.78, 5) is 0. The van der Waals surface area contributed by atoms with E-state index in [0.29, 0.717) is 6.61 Å². The van der Waals surface area contributed by atoms with Gasteiger partial charge in [0.05, 0.1) is 13.2 Å². The highest BCUT2D eigenvalue weighted by Crippen LogP contribution is 2.28. The molecule has 0 spiro atoms. The van der Waals surface area contributed by atoms with Crippen molar-refractivity contribution in [1.82, 2.24) is 5.32 Å².